The highest BCUT2D eigenvalue weighted by Crippen LogP contribution is 2.37. The van der Waals surface area contributed by atoms with Gasteiger partial charge in [0.05, 0.1) is 6.61 Å². The first-order valence-corrected chi connectivity index (χ1v) is 10.4. The van der Waals surface area contributed by atoms with Gasteiger partial charge in [0, 0.05) is 43.9 Å². The Labute approximate surface area is 175 Å². The lowest BCUT2D eigenvalue weighted by Crippen LogP contribution is -2.42. The Hall–Kier alpha value is -2.40. The van der Waals surface area contributed by atoms with Crippen molar-refractivity contribution >= 4 is 12.6 Å². The molecule has 0 aromatic rings. The lowest BCUT2D eigenvalue weighted by Gasteiger charge is -2.36. The monoisotopic (exact) mass is 398 g/mol. The van der Waals surface area contributed by atoms with E-state index in [-0.39, 0.29) is 0 Å². The van der Waals surface area contributed by atoms with Gasteiger partial charge in [-0.2, -0.15) is 0 Å². The summed E-state index contributed by atoms with van der Waals surface area (Å²) in [6.07, 6.45) is 12.9. The third kappa shape index (κ3) is 7.50. The van der Waals surface area contributed by atoms with Crippen LogP contribution in [0.2, 0.25) is 0 Å². The van der Waals surface area contributed by atoms with Crippen LogP contribution in [0.5, 0.6) is 0 Å². The maximum Gasteiger partial charge on any atom is 0.150 e. The fourth-order valence-electron chi connectivity index (χ4n) is 3.54. The molecule has 0 N–H and O–H groups in total. The first kappa shape index (κ1) is 22.9. The Balaban J connectivity index is 1.90. The van der Waals surface area contributed by atoms with Crippen LogP contribution in [0.1, 0.15) is 32.6 Å². The molecule has 1 saturated heterocycles. The number of piperidine rings is 1. The molecule has 2 rings (SSSR count). The first-order chi connectivity index (χ1) is 14.0. The zero-order chi connectivity index (χ0) is 21.2. The predicted molar refractivity (Wildman–Crippen MR) is 117 cm³/mol. The van der Waals surface area contributed by atoms with Crippen molar-refractivity contribution in [2.24, 2.45) is 5.92 Å². The summed E-state index contributed by atoms with van der Waals surface area (Å²) in [6.45, 7) is 13.7. The largest absolute Gasteiger partial charge is 0.494 e. The van der Waals surface area contributed by atoms with Gasteiger partial charge >= 0.3 is 0 Å². The molecular weight excluding hydrogens is 364 g/mol. The number of hydrogen-bond acceptors (Lipinski definition) is 5. The molecule has 1 aliphatic heterocycles. The van der Waals surface area contributed by atoms with Crippen molar-refractivity contribution in [3.63, 3.8) is 0 Å². The summed E-state index contributed by atoms with van der Waals surface area (Å²) in [7, 11) is 2.02. The Morgan fingerprint density at radius 1 is 1.17 bits per heavy atom. The summed E-state index contributed by atoms with van der Waals surface area (Å²) in [5.74, 6) is 1.38. The molecule has 1 saturated carbocycles. The SMILES string of the molecule is C=C(OCC)/C(=C\C(=C)C1CC1)CN1CCC(N(C)/C=C\C(C=O)=C/C=O)CC1. The van der Waals surface area contributed by atoms with Gasteiger partial charge in [0.2, 0.25) is 0 Å². The number of hydrogen-bond donors (Lipinski definition) is 0. The molecule has 158 valence electrons. The molecule has 0 atom stereocenters. The molecule has 0 radical (unpaired) electrons. The minimum atomic E-state index is 0.379. The standard InChI is InChI=1S/C24H34N2O3/c1-5-29-20(3)23(16-19(2)22-6-7-22)17-26-13-9-24(10-14-26)25(4)12-8-21(18-28)11-15-27/h8,11-12,15-16,18,22,24H,2-3,5-7,9-10,13-14,17H2,1,4H3/b12-8-,21-11+,23-16-. The minimum absolute atomic E-state index is 0.379. The Bertz CT molecular complexity index is 693. The summed E-state index contributed by atoms with van der Waals surface area (Å²) in [5.41, 5.74) is 2.70. The van der Waals surface area contributed by atoms with E-state index >= 15 is 0 Å². The van der Waals surface area contributed by atoms with E-state index in [4.69, 9.17) is 4.74 Å². The number of likely N-dealkylation sites (tertiary alicyclic amines) is 1. The van der Waals surface area contributed by atoms with Gasteiger partial charge in [-0.1, -0.05) is 24.8 Å². The highest BCUT2D eigenvalue weighted by atomic mass is 16.5. The number of carbonyl (C=O) groups is 2. The maximum atomic E-state index is 10.9. The Morgan fingerprint density at radius 3 is 2.41 bits per heavy atom. The number of aldehydes is 2. The second kappa shape index (κ2) is 11.6. The molecule has 5 heteroatoms. The summed E-state index contributed by atoms with van der Waals surface area (Å²) < 4.78 is 5.68. The highest BCUT2D eigenvalue weighted by molar-refractivity contribution is 5.84. The van der Waals surface area contributed by atoms with E-state index in [9.17, 15) is 9.59 Å². The molecule has 0 bridgehead atoms. The minimum Gasteiger partial charge on any atom is -0.494 e. The molecule has 0 aromatic heterocycles. The van der Waals surface area contributed by atoms with Gasteiger partial charge in [-0.05, 0) is 56.9 Å². The van der Waals surface area contributed by atoms with Crippen LogP contribution in [0.3, 0.4) is 0 Å². The number of carbonyl (C=O) groups excluding carboxylic acids is 2. The number of allylic oxidation sites excluding steroid dienone is 5. The average Bonchev–Trinajstić information content (AvgIpc) is 3.56. The van der Waals surface area contributed by atoms with Gasteiger partial charge < -0.3 is 9.64 Å². The lowest BCUT2D eigenvalue weighted by molar-refractivity contribution is -0.106. The van der Waals surface area contributed by atoms with Crippen LogP contribution in [-0.2, 0) is 14.3 Å². The smallest absolute Gasteiger partial charge is 0.150 e. The summed E-state index contributed by atoms with van der Waals surface area (Å²) in [5, 5.41) is 0. The predicted octanol–water partition coefficient (Wildman–Crippen LogP) is 3.66. The van der Waals surface area contributed by atoms with Gasteiger partial charge in [-0.25, -0.2) is 0 Å². The quantitative estimate of drug-likeness (QED) is 0.217. The van der Waals surface area contributed by atoms with E-state index in [1.165, 1.54) is 24.5 Å². The molecule has 29 heavy (non-hydrogen) atoms. The molecular formula is C24H34N2O3. The molecule has 5 nitrogen and oxygen atoms in total. The van der Waals surface area contributed by atoms with Crippen molar-refractivity contribution in [3.8, 4) is 0 Å². The molecule has 2 fully saturated rings. The van der Waals surface area contributed by atoms with Crippen LogP contribution in [0.25, 0.3) is 0 Å². The lowest BCUT2D eigenvalue weighted by atomic mass is 10.0. The van der Waals surface area contributed by atoms with E-state index in [0.29, 0.717) is 36.7 Å². The third-order valence-electron chi connectivity index (χ3n) is 5.56. The first-order valence-electron chi connectivity index (χ1n) is 10.4. The second-order valence-electron chi connectivity index (χ2n) is 7.78. The van der Waals surface area contributed by atoms with Gasteiger partial charge in [0.25, 0.3) is 0 Å². The van der Waals surface area contributed by atoms with Crippen LogP contribution in [0.4, 0.5) is 0 Å². The fraction of sp³-hybridized carbons (Fsp3) is 0.500. The van der Waals surface area contributed by atoms with Crippen LogP contribution in [-0.4, -0.2) is 61.7 Å². The fourth-order valence-corrected chi connectivity index (χ4v) is 3.54. The van der Waals surface area contributed by atoms with Crippen LogP contribution in [0.15, 0.2) is 60.1 Å². The van der Waals surface area contributed by atoms with E-state index < -0.39 is 0 Å². The van der Waals surface area contributed by atoms with Crippen molar-refractivity contribution in [1.29, 1.82) is 0 Å². The van der Waals surface area contributed by atoms with E-state index in [2.05, 4.69) is 29.0 Å². The molecule has 0 unspecified atom stereocenters. The molecule has 0 aromatic carbocycles. The maximum absolute atomic E-state index is 10.9. The van der Waals surface area contributed by atoms with Crippen LogP contribution < -0.4 is 0 Å². The molecule has 1 heterocycles. The average molecular weight is 399 g/mol. The molecule has 2 aliphatic rings. The van der Waals surface area contributed by atoms with Crippen LogP contribution in [0, 0.1) is 5.92 Å². The summed E-state index contributed by atoms with van der Waals surface area (Å²) in [6, 6.07) is 0.413. The van der Waals surface area contributed by atoms with Gasteiger partial charge in [0.1, 0.15) is 18.3 Å². The van der Waals surface area contributed by atoms with Gasteiger partial charge in [0.15, 0.2) is 0 Å². The van der Waals surface area contributed by atoms with Crippen molar-refractivity contribution < 1.29 is 14.3 Å². The van der Waals surface area contributed by atoms with E-state index in [1.54, 1.807) is 6.08 Å². The number of nitrogens with zero attached hydrogens (tertiary/aromatic N) is 2. The summed E-state index contributed by atoms with van der Waals surface area (Å²) >= 11 is 0. The zero-order valence-electron chi connectivity index (χ0n) is 17.8. The summed E-state index contributed by atoms with van der Waals surface area (Å²) in [4.78, 5) is 26.0. The topological polar surface area (TPSA) is 49.9 Å². The molecule has 0 spiro atoms. The Morgan fingerprint density at radius 2 is 1.86 bits per heavy atom. The van der Waals surface area contributed by atoms with Crippen LogP contribution >= 0.6 is 0 Å². The number of ether oxygens (including phenoxy) is 1. The molecule has 0 amide bonds. The van der Waals surface area contributed by atoms with Gasteiger partial charge in [-0.15, -0.1) is 0 Å². The normalized spacial score (nSPS) is 19.2. The van der Waals surface area contributed by atoms with E-state index in [0.717, 1.165) is 43.8 Å². The van der Waals surface area contributed by atoms with E-state index in [1.807, 2.05) is 20.2 Å². The van der Waals surface area contributed by atoms with Gasteiger partial charge in [-0.3, -0.25) is 14.5 Å². The third-order valence-corrected chi connectivity index (χ3v) is 5.56. The van der Waals surface area contributed by atoms with Crippen molar-refractivity contribution in [2.45, 2.75) is 38.6 Å². The second-order valence-corrected chi connectivity index (χ2v) is 7.78. The van der Waals surface area contributed by atoms with Crippen molar-refractivity contribution in [3.05, 3.63) is 60.1 Å². The zero-order valence-corrected chi connectivity index (χ0v) is 17.8. The highest BCUT2D eigenvalue weighted by Gasteiger charge is 2.25. The molecule has 1 aliphatic carbocycles. The Kier molecular flexibility index (Phi) is 9.13. The van der Waals surface area contributed by atoms with Crippen molar-refractivity contribution in [2.75, 3.05) is 33.3 Å². The number of rotatable bonds is 12. The van der Waals surface area contributed by atoms with Crippen molar-refractivity contribution in [1.82, 2.24) is 9.80 Å².